The van der Waals surface area contributed by atoms with E-state index in [4.69, 9.17) is 5.73 Å². The summed E-state index contributed by atoms with van der Waals surface area (Å²) in [7, 11) is 0. The lowest BCUT2D eigenvalue weighted by Gasteiger charge is -2.13. The molecule has 21 heavy (non-hydrogen) atoms. The van der Waals surface area contributed by atoms with Crippen LogP contribution in [0.4, 0.5) is 11.4 Å². The van der Waals surface area contributed by atoms with Crippen LogP contribution in [0.25, 0.3) is 10.9 Å². The molecule has 0 radical (unpaired) electrons. The number of nitrogens with two attached hydrogens (primary N) is 1. The van der Waals surface area contributed by atoms with E-state index < -0.39 is 0 Å². The highest BCUT2D eigenvalue weighted by Crippen LogP contribution is 2.30. The summed E-state index contributed by atoms with van der Waals surface area (Å²) in [5.41, 5.74) is 10.7. The maximum Gasteiger partial charge on any atom is 0.0743 e. The van der Waals surface area contributed by atoms with Crippen molar-refractivity contribution in [1.29, 1.82) is 0 Å². The van der Waals surface area contributed by atoms with Crippen molar-refractivity contribution in [3.05, 3.63) is 58.5 Å². The molecular formula is C16H15BrN4. The van der Waals surface area contributed by atoms with Gasteiger partial charge in [-0.25, -0.2) is 0 Å². The summed E-state index contributed by atoms with van der Waals surface area (Å²) in [6.45, 7) is 2.68. The molecule has 1 aromatic carbocycles. The molecule has 0 atom stereocenters. The van der Waals surface area contributed by atoms with Crippen molar-refractivity contribution in [2.75, 3.05) is 11.1 Å². The third-order valence-corrected chi connectivity index (χ3v) is 3.90. The van der Waals surface area contributed by atoms with Gasteiger partial charge >= 0.3 is 0 Å². The number of aryl methyl sites for hydroxylation is 1. The Hall–Kier alpha value is -2.14. The summed E-state index contributed by atoms with van der Waals surface area (Å²) in [5.74, 6) is 0. The van der Waals surface area contributed by atoms with Gasteiger partial charge in [-0.15, -0.1) is 0 Å². The summed E-state index contributed by atoms with van der Waals surface area (Å²) in [5, 5.41) is 4.39. The number of benzene rings is 1. The number of hydrogen-bond donors (Lipinski definition) is 2. The highest BCUT2D eigenvalue weighted by molar-refractivity contribution is 9.10. The van der Waals surface area contributed by atoms with Crippen molar-refractivity contribution in [2.45, 2.75) is 13.5 Å². The minimum absolute atomic E-state index is 0.627. The van der Waals surface area contributed by atoms with Crippen LogP contribution in [-0.2, 0) is 6.54 Å². The molecule has 0 fully saturated rings. The monoisotopic (exact) mass is 342 g/mol. The molecule has 0 saturated heterocycles. The number of nitrogens with zero attached hydrogens (tertiary/aromatic N) is 2. The number of nitrogens with one attached hydrogen (secondary N) is 1. The molecule has 0 aliphatic carbocycles. The van der Waals surface area contributed by atoms with Gasteiger partial charge in [0.2, 0.25) is 0 Å². The van der Waals surface area contributed by atoms with Gasteiger partial charge in [-0.1, -0.05) is 22.0 Å². The van der Waals surface area contributed by atoms with E-state index >= 15 is 0 Å². The third-order valence-electron chi connectivity index (χ3n) is 3.41. The summed E-state index contributed by atoms with van der Waals surface area (Å²) < 4.78 is 1.000. The van der Waals surface area contributed by atoms with Crippen LogP contribution >= 0.6 is 15.9 Å². The molecule has 0 aliphatic rings. The van der Waals surface area contributed by atoms with Gasteiger partial charge in [-0.2, -0.15) is 0 Å². The first-order chi connectivity index (χ1) is 10.1. The molecule has 0 aliphatic heterocycles. The molecule has 0 amide bonds. The topological polar surface area (TPSA) is 63.8 Å². The Kier molecular flexibility index (Phi) is 3.75. The predicted molar refractivity (Wildman–Crippen MR) is 90.2 cm³/mol. The number of nitrogen functional groups attached to an aromatic ring is 1. The van der Waals surface area contributed by atoms with E-state index in [-0.39, 0.29) is 0 Å². The van der Waals surface area contributed by atoms with Crippen molar-refractivity contribution in [3.63, 3.8) is 0 Å². The van der Waals surface area contributed by atoms with E-state index in [0.29, 0.717) is 12.2 Å². The molecule has 4 nitrogen and oxygen atoms in total. The molecule has 5 heteroatoms. The summed E-state index contributed by atoms with van der Waals surface area (Å²) in [6, 6.07) is 9.95. The van der Waals surface area contributed by atoms with Gasteiger partial charge in [0, 0.05) is 16.1 Å². The molecule has 0 saturated carbocycles. The second kappa shape index (κ2) is 5.69. The van der Waals surface area contributed by atoms with Gasteiger partial charge in [0.15, 0.2) is 0 Å². The Morgan fingerprint density at radius 2 is 2.10 bits per heavy atom. The zero-order chi connectivity index (χ0) is 14.8. The van der Waals surface area contributed by atoms with E-state index in [1.807, 2.05) is 24.3 Å². The highest BCUT2D eigenvalue weighted by atomic mass is 79.9. The number of aromatic nitrogens is 2. The first-order valence-corrected chi connectivity index (χ1v) is 7.42. The predicted octanol–water partition coefficient (Wildman–Crippen LogP) is 3.90. The number of anilines is 2. The van der Waals surface area contributed by atoms with Gasteiger partial charge in [0.05, 0.1) is 35.3 Å². The average Bonchev–Trinajstić information content (AvgIpc) is 2.48. The fourth-order valence-electron chi connectivity index (χ4n) is 2.25. The lowest BCUT2D eigenvalue weighted by molar-refractivity contribution is 1.02. The minimum atomic E-state index is 0.627. The SMILES string of the molecule is Cc1cccnc1CNc1c(N)cnc2ccc(Br)cc12. The second-order valence-corrected chi connectivity index (χ2v) is 5.79. The quantitative estimate of drug-likeness (QED) is 0.757. The maximum absolute atomic E-state index is 6.08. The van der Waals surface area contributed by atoms with Gasteiger partial charge in [0.1, 0.15) is 0 Å². The summed E-state index contributed by atoms with van der Waals surface area (Å²) >= 11 is 3.49. The van der Waals surface area contributed by atoms with Crippen LogP contribution in [0.1, 0.15) is 11.3 Å². The molecule has 3 aromatic rings. The van der Waals surface area contributed by atoms with Crippen LogP contribution in [0, 0.1) is 6.92 Å². The van der Waals surface area contributed by atoms with Crippen LogP contribution in [0.15, 0.2) is 47.2 Å². The van der Waals surface area contributed by atoms with Gasteiger partial charge in [0.25, 0.3) is 0 Å². The first kappa shape index (κ1) is 13.8. The Balaban J connectivity index is 1.98. The van der Waals surface area contributed by atoms with E-state index in [0.717, 1.165) is 32.3 Å². The van der Waals surface area contributed by atoms with E-state index in [2.05, 4.69) is 44.2 Å². The van der Waals surface area contributed by atoms with Gasteiger partial charge in [-0.3, -0.25) is 9.97 Å². The summed E-state index contributed by atoms with van der Waals surface area (Å²) in [6.07, 6.45) is 3.48. The fourth-order valence-corrected chi connectivity index (χ4v) is 2.61. The van der Waals surface area contributed by atoms with E-state index in [9.17, 15) is 0 Å². The lowest BCUT2D eigenvalue weighted by Crippen LogP contribution is -2.06. The molecule has 2 aromatic heterocycles. The number of hydrogen-bond acceptors (Lipinski definition) is 4. The summed E-state index contributed by atoms with van der Waals surface area (Å²) in [4.78, 5) is 8.75. The number of fused-ring (bicyclic) bond motifs is 1. The normalized spacial score (nSPS) is 10.8. The van der Waals surface area contributed by atoms with Crippen molar-refractivity contribution >= 4 is 38.2 Å². The molecule has 2 heterocycles. The standard InChI is InChI=1S/C16H15BrN4/c1-10-3-2-6-19-15(10)9-21-16-12-7-11(17)4-5-14(12)20-8-13(16)18/h2-8H,9,18H2,1H3,(H,20,21). The zero-order valence-corrected chi connectivity index (χ0v) is 13.2. The van der Waals surface area contributed by atoms with Crippen LogP contribution in [-0.4, -0.2) is 9.97 Å². The second-order valence-electron chi connectivity index (χ2n) is 4.87. The van der Waals surface area contributed by atoms with Gasteiger partial charge < -0.3 is 11.1 Å². The Labute approximate surface area is 131 Å². The van der Waals surface area contributed by atoms with Crippen LogP contribution < -0.4 is 11.1 Å². The molecular weight excluding hydrogens is 328 g/mol. The molecule has 0 unspecified atom stereocenters. The minimum Gasteiger partial charge on any atom is -0.396 e. The Morgan fingerprint density at radius 1 is 1.24 bits per heavy atom. The lowest BCUT2D eigenvalue weighted by atomic mass is 10.1. The smallest absolute Gasteiger partial charge is 0.0743 e. The average molecular weight is 343 g/mol. The fraction of sp³-hybridized carbons (Fsp3) is 0.125. The first-order valence-electron chi connectivity index (χ1n) is 6.63. The number of pyridine rings is 2. The highest BCUT2D eigenvalue weighted by Gasteiger charge is 2.08. The van der Waals surface area contributed by atoms with Crippen LogP contribution in [0.5, 0.6) is 0 Å². The van der Waals surface area contributed by atoms with Crippen LogP contribution in [0.2, 0.25) is 0 Å². The molecule has 106 valence electrons. The maximum atomic E-state index is 6.08. The molecule has 0 spiro atoms. The molecule has 3 N–H and O–H groups in total. The van der Waals surface area contributed by atoms with Gasteiger partial charge in [-0.05, 0) is 36.8 Å². The largest absolute Gasteiger partial charge is 0.396 e. The van der Waals surface area contributed by atoms with E-state index in [1.165, 1.54) is 0 Å². The van der Waals surface area contributed by atoms with Crippen molar-refractivity contribution in [1.82, 2.24) is 9.97 Å². The van der Waals surface area contributed by atoms with Crippen LogP contribution in [0.3, 0.4) is 0 Å². The van der Waals surface area contributed by atoms with E-state index in [1.54, 1.807) is 12.4 Å². The number of rotatable bonds is 3. The zero-order valence-electron chi connectivity index (χ0n) is 11.6. The number of halogens is 1. The third kappa shape index (κ3) is 2.83. The van der Waals surface area contributed by atoms with Crippen molar-refractivity contribution < 1.29 is 0 Å². The molecule has 3 rings (SSSR count). The Morgan fingerprint density at radius 3 is 2.90 bits per heavy atom. The molecule has 0 bridgehead atoms. The van der Waals surface area contributed by atoms with Crippen molar-refractivity contribution in [3.8, 4) is 0 Å². The van der Waals surface area contributed by atoms with Crippen molar-refractivity contribution in [2.24, 2.45) is 0 Å². The Bertz CT molecular complexity index is 796.